The predicted molar refractivity (Wildman–Crippen MR) is 136 cm³/mol. The Morgan fingerprint density at radius 1 is 0.471 bits per heavy atom. The standard InChI is InChI=1S/C26H24N2O4S2/c1-19-7-3-5-9-25(19)27-33(29,30)23-15-11-21(12-16-23)22-13-17-24(18-14-22)34(31,32)28-26-10-6-4-8-20(26)2/h3-18,27-28H,1-2H3. The molecular weight excluding hydrogens is 468 g/mol. The van der Waals surface area contributed by atoms with Gasteiger partial charge in [-0.3, -0.25) is 9.44 Å². The van der Waals surface area contributed by atoms with Crippen LogP contribution in [0.25, 0.3) is 11.1 Å². The van der Waals surface area contributed by atoms with E-state index in [0.717, 1.165) is 22.3 Å². The van der Waals surface area contributed by atoms with Gasteiger partial charge in [0.25, 0.3) is 20.0 Å². The van der Waals surface area contributed by atoms with Gasteiger partial charge in [-0.2, -0.15) is 0 Å². The van der Waals surface area contributed by atoms with Crippen LogP contribution in [0.2, 0.25) is 0 Å². The number of hydrogen-bond acceptors (Lipinski definition) is 4. The molecule has 0 saturated heterocycles. The second kappa shape index (κ2) is 9.32. The van der Waals surface area contributed by atoms with Crippen molar-refractivity contribution in [2.45, 2.75) is 23.6 Å². The van der Waals surface area contributed by atoms with Gasteiger partial charge in [0.15, 0.2) is 0 Å². The number of hydrogen-bond donors (Lipinski definition) is 2. The Bertz CT molecular complexity index is 1410. The molecule has 0 spiro atoms. The monoisotopic (exact) mass is 492 g/mol. The average Bonchev–Trinajstić information content (AvgIpc) is 2.82. The third kappa shape index (κ3) is 5.13. The fourth-order valence-corrected chi connectivity index (χ4v) is 5.70. The van der Waals surface area contributed by atoms with Crippen LogP contribution in [0.4, 0.5) is 11.4 Å². The van der Waals surface area contributed by atoms with Gasteiger partial charge in [-0.05, 0) is 72.5 Å². The smallest absolute Gasteiger partial charge is 0.261 e. The molecule has 0 bridgehead atoms. The van der Waals surface area contributed by atoms with Gasteiger partial charge in [-0.25, -0.2) is 16.8 Å². The van der Waals surface area contributed by atoms with Crippen LogP contribution in [0.15, 0.2) is 107 Å². The zero-order valence-electron chi connectivity index (χ0n) is 18.7. The molecule has 0 saturated carbocycles. The Kier molecular flexibility index (Phi) is 6.45. The van der Waals surface area contributed by atoms with Crippen LogP contribution in [-0.4, -0.2) is 16.8 Å². The topological polar surface area (TPSA) is 92.3 Å². The normalized spacial score (nSPS) is 11.7. The van der Waals surface area contributed by atoms with Crippen molar-refractivity contribution in [2.75, 3.05) is 9.44 Å². The van der Waals surface area contributed by atoms with Crippen molar-refractivity contribution in [2.24, 2.45) is 0 Å². The van der Waals surface area contributed by atoms with Crippen molar-refractivity contribution >= 4 is 31.4 Å². The Morgan fingerprint density at radius 2 is 0.794 bits per heavy atom. The maximum Gasteiger partial charge on any atom is 0.261 e. The van der Waals surface area contributed by atoms with Crippen LogP contribution >= 0.6 is 0 Å². The van der Waals surface area contributed by atoms with Gasteiger partial charge in [-0.1, -0.05) is 60.7 Å². The Hall–Kier alpha value is -3.62. The largest absolute Gasteiger partial charge is 0.279 e. The molecule has 4 rings (SSSR count). The molecule has 0 heterocycles. The summed E-state index contributed by atoms with van der Waals surface area (Å²) < 4.78 is 56.2. The first-order chi connectivity index (χ1) is 16.2. The van der Waals surface area contributed by atoms with E-state index >= 15 is 0 Å². The summed E-state index contributed by atoms with van der Waals surface area (Å²) in [6.45, 7) is 3.67. The molecule has 0 aliphatic rings. The SMILES string of the molecule is Cc1ccccc1NS(=O)(=O)c1ccc(-c2ccc(S(=O)(=O)Nc3ccccc3C)cc2)cc1. The molecule has 0 aliphatic heterocycles. The van der Waals surface area contributed by atoms with E-state index in [1.807, 2.05) is 38.1 Å². The summed E-state index contributed by atoms with van der Waals surface area (Å²) in [7, 11) is -7.46. The van der Waals surface area contributed by atoms with E-state index in [2.05, 4.69) is 9.44 Å². The number of para-hydroxylation sites is 2. The van der Waals surface area contributed by atoms with Crippen molar-refractivity contribution in [3.8, 4) is 11.1 Å². The van der Waals surface area contributed by atoms with Gasteiger partial charge in [0.1, 0.15) is 0 Å². The molecule has 4 aromatic carbocycles. The quantitative estimate of drug-likeness (QED) is 0.353. The molecule has 0 aliphatic carbocycles. The second-order valence-corrected chi connectivity index (χ2v) is 11.3. The van der Waals surface area contributed by atoms with Crippen LogP contribution in [0.1, 0.15) is 11.1 Å². The minimum absolute atomic E-state index is 0.140. The Morgan fingerprint density at radius 3 is 1.12 bits per heavy atom. The van der Waals surface area contributed by atoms with Gasteiger partial charge >= 0.3 is 0 Å². The van der Waals surface area contributed by atoms with E-state index in [-0.39, 0.29) is 9.79 Å². The summed E-state index contributed by atoms with van der Waals surface area (Å²) in [4.78, 5) is 0.280. The van der Waals surface area contributed by atoms with Crippen molar-refractivity contribution in [1.29, 1.82) is 0 Å². The number of benzene rings is 4. The van der Waals surface area contributed by atoms with Crippen LogP contribution in [0.3, 0.4) is 0 Å². The minimum Gasteiger partial charge on any atom is -0.279 e. The molecule has 174 valence electrons. The van der Waals surface area contributed by atoms with Crippen LogP contribution in [0, 0.1) is 13.8 Å². The number of nitrogens with one attached hydrogen (secondary N) is 2. The summed E-state index contributed by atoms with van der Waals surface area (Å²) in [6.07, 6.45) is 0. The van der Waals surface area contributed by atoms with Crippen LogP contribution < -0.4 is 9.44 Å². The summed E-state index contributed by atoms with van der Waals surface area (Å²) in [6, 6.07) is 27.2. The lowest BCUT2D eigenvalue weighted by atomic mass is 10.1. The molecule has 34 heavy (non-hydrogen) atoms. The minimum atomic E-state index is -3.73. The zero-order valence-corrected chi connectivity index (χ0v) is 20.3. The molecule has 0 atom stereocenters. The van der Waals surface area contributed by atoms with Crippen molar-refractivity contribution in [1.82, 2.24) is 0 Å². The maximum absolute atomic E-state index is 12.7. The number of rotatable bonds is 7. The van der Waals surface area contributed by atoms with Gasteiger partial charge in [0.05, 0.1) is 21.2 Å². The zero-order chi connectivity index (χ0) is 24.3. The van der Waals surface area contributed by atoms with Crippen molar-refractivity contribution < 1.29 is 16.8 Å². The highest BCUT2D eigenvalue weighted by molar-refractivity contribution is 7.93. The van der Waals surface area contributed by atoms with E-state index in [4.69, 9.17) is 0 Å². The van der Waals surface area contributed by atoms with Gasteiger partial charge in [0.2, 0.25) is 0 Å². The molecule has 4 aromatic rings. The van der Waals surface area contributed by atoms with E-state index < -0.39 is 20.0 Å². The van der Waals surface area contributed by atoms with E-state index in [1.165, 1.54) is 24.3 Å². The summed E-state index contributed by atoms with van der Waals surface area (Å²) in [5.41, 5.74) is 4.26. The van der Waals surface area contributed by atoms with Crippen molar-refractivity contribution in [3.05, 3.63) is 108 Å². The molecule has 6 nitrogen and oxygen atoms in total. The molecule has 0 aromatic heterocycles. The Labute approximate surface area is 200 Å². The third-order valence-corrected chi connectivity index (χ3v) is 8.20. The number of aryl methyl sites for hydroxylation is 2. The third-order valence-electron chi connectivity index (χ3n) is 5.44. The summed E-state index contributed by atoms with van der Waals surface area (Å²) in [5.74, 6) is 0. The fourth-order valence-electron chi connectivity index (χ4n) is 3.44. The van der Waals surface area contributed by atoms with Crippen molar-refractivity contribution in [3.63, 3.8) is 0 Å². The van der Waals surface area contributed by atoms with Gasteiger partial charge in [-0.15, -0.1) is 0 Å². The fraction of sp³-hybridized carbons (Fsp3) is 0.0769. The molecule has 0 unspecified atom stereocenters. The summed E-state index contributed by atoms with van der Waals surface area (Å²) in [5, 5.41) is 0. The Balaban J connectivity index is 1.52. The average molecular weight is 493 g/mol. The van der Waals surface area contributed by atoms with Gasteiger partial charge < -0.3 is 0 Å². The predicted octanol–water partition coefficient (Wildman–Crippen LogP) is 5.57. The van der Waals surface area contributed by atoms with Gasteiger partial charge in [0, 0.05) is 0 Å². The van der Waals surface area contributed by atoms with Crippen LogP contribution in [0.5, 0.6) is 0 Å². The highest BCUT2D eigenvalue weighted by Crippen LogP contribution is 2.26. The lowest BCUT2D eigenvalue weighted by Gasteiger charge is -2.12. The molecular formula is C26H24N2O4S2. The second-order valence-electron chi connectivity index (χ2n) is 7.89. The van der Waals surface area contributed by atoms with E-state index in [1.54, 1.807) is 48.5 Å². The lowest BCUT2D eigenvalue weighted by Crippen LogP contribution is -2.13. The molecule has 0 amide bonds. The highest BCUT2D eigenvalue weighted by Gasteiger charge is 2.17. The molecule has 0 radical (unpaired) electrons. The summed E-state index contributed by atoms with van der Waals surface area (Å²) >= 11 is 0. The number of sulfonamides is 2. The highest BCUT2D eigenvalue weighted by atomic mass is 32.2. The van der Waals surface area contributed by atoms with Crippen LogP contribution in [-0.2, 0) is 20.0 Å². The lowest BCUT2D eigenvalue weighted by molar-refractivity contribution is 0.599. The molecule has 8 heteroatoms. The first kappa shape index (κ1) is 23.5. The maximum atomic E-state index is 12.7. The molecule has 2 N–H and O–H groups in total. The van der Waals surface area contributed by atoms with E-state index in [0.29, 0.717) is 11.4 Å². The van der Waals surface area contributed by atoms with E-state index in [9.17, 15) is 16.8 Å². The number of anilines is 2. The molecule has 0 fully saturated rings. The first-order valence-corrected chi connectivity index (χ1v) is 13.5. The first-order valence-electron chi connectivity index (χ1n) is 10.5.